The number of aromatic nitrogens is 1. The van der Waals surface area contributed by atoms with E-state index in [-0.39, 0.29) is 39.4 Å². The van der Waals surface area contributed by atoms with E-state index < -0.39 is 194 Å². The Bertz CT molecular complexity index is 2710. The van der Waals surface area contributed by atoms with Gasteiger partial charge in [0.2, 0.25) is 47.3 Å². The van der Waals surface area contributed by atoms with Gasteiger partial charge in [-0.15, -0.1) is 0 Å². The molecule has 3 unspecified atom stereocenters. The number of aliphatic hydroxyl groups is 3. The molecule has 0 radical (unpaired) electrons. The number of ketones is 1. The fourth-order valence-corrected chi connectivity index (χ4v) is 11.2. The van der Waals surface area contributed by atoms with Gasteiger partial charge in [-0.3, -0.25) is 52.2 Å². The molecule has 2 aromatic rings. The van der Waals surface area contributed by atoms with Gasteiger partial charge in [0.05, 0.1) is 72.4 Å². The van der Waals surface area contributed by atoms with Crippen LogP contribution in [0.1, 0.15) is 71.8 Å². The topological polar surface area (TPSA) is 405 Å². The van der Waals surface area contributed by atoms with Gasteiger partial charge in [0.1, 0.15) is 34.9 Å². The molecule has 12 N–H and O–H groups in total. The molecule has 5 heterocycles. The first-order valence-electron chi connectivity index (χ1n) is 26.2. The zero-order chi connectivity index (χ0) is 58.0. The largest absolute Gasteiger partial charge is 0.481 e. The standard InChI is InChI=1S/C50H71N11O17S/c1-6-8-36(66)55-43-35(78-50(76)60-13-11-59(5)12-14-60)10-9-28-29-18-30-44(71)51-20-38(68)56-40(24(3)7-2)46(73)52-19-37(67)53-31(23-79(77)48(29)58-42(28)43)33(64)15-26(16-39(69)70)49(75)61-21-27(63)17-32(61)45(72)57-41(47(74)54-30)25(4)34(65)22-62/h9-10,24-27,30-32,34,40-41,58,62-63,65H,6-8,11-23H2,1-5H3,(H,51,71)(H,52,73)(H,53,67)(H,54,74)(H,55,66)(H,56,68)(H,57,72)(H,69,70)/t24-,25?,26-,27+,30-,31-,32-,34?,40-,41-,79?/m0/s1. The number of fused-ring (bicyclic) bond motifs is 5. The maximum absolute atomic E-state index is 15.3. The number of aliphatic hydroxyl groups excluding tert-OH is 3. The van der Waals surface area contributed by atoms with E-state index in [4.69, 9.17) is 4.74 Å². The van der Waals surface area contributed by atoms with Crippen LogP contribution in [0.3, 0.4) is 0 Å². The minimum absolute atomic E-state index is 0.0238. The molecule has 1 aromatic carbocycles. The molecule has 0 saturated carbocycles. The number of likely N-dealkylation sites (N-methyl/N-ethyl adjacent to an activating group) is 1. The van der Waals surface area contributed by atoms with Crippen molar-refractivity contribution in [2.75, 3.05) is 70.5 Å². The number of rotatable bonds is 11. The monoisotopic (exact) mass is 1130 g/mol. The highest BCUT2D eigenvalue weighted by Crippen LogP contribution is 2.38. The molecule has 4 aliphatic heterocycles. The lowest BCUT2D eigenvalue weighted by molar-refractivity contribution is -0.148. The molecule has 9 amide bonds. The number of aromatic amines is 1. The number of carbonyl (C=O) groups is 11. The molecule has 4 aliphatic rings. The van der Waals surface area contributed by atoms with Crippen LogP contribution in [0.2, 0.25) is 0 Å². The highest BCUT2D eigenvalue weighted by atomic mass is 32.2. The van der Waals surface area contributed by atoms with E-state index in [9.17, 15) is 73.2 Å². The molecule has 2 bridgehead atoms. The summed E-state index contributed by atoms with van der Waals surface area (Å²) in [6.07, 6.45) is -6.31. The Kier molecular flexibility index (Phi) is 21.0. The molecule has 11 atom stereocenters. The second-order valence-electron chi connectivity index (χ2n) is 20.5. The number of Topliss-reactive ketones (excluding diaryl/α,β-unsaturated/α-hetero) is 1. The maximum Gasteiger partial charge on any atom is 0.415 e. The first kappa shape index (κ1) is 61.1. The van der Waals surface area contributed by atoms with E-state index in [1.165, 1.54) is 24.0 Å². The number of benzene rings is 1. The van der Waals surface area contributed by atoms with E-state index in [1.54, 1.807) is 20.8 Å². The third-order valence-electron chi connectivity index (χ3n) is 14.7. The van der Waals surface area contributed by atoms with Crippen LogP contribution in [0.5, 0.6) is 5.75 Å². The van der Waals surface area contributed by atoms with Gasteiger partial charge < -0.3 is 82.1 Å². The van der Waals surface area contributed by atoms with Gasteiger partial charge in [-0.05, 0) is 37.1 Å². The number of carbonyl (C=O) groups excluding carboxylic acids is 10. The van der Waals surface area contributed by atoms with Gasteiger partial charge >= 0.3 is 12.1 Å². The third kappa shape index (κ3) is 15.2. The van der Waals surface area contributed by atoms with Gasteiger partial charge in [-0.1, -0.05) is 34.1 Å². The number of ether oxygens (including phenoxy) is 1. The Balaban J connectivity index is 1.61. The second-order valence-corrected chi connectivity index (χ2v) is 21.9. The zero-order valence-corrected chi connectivity index (χ0v) is 45.4. The molecule has 29 heteroatoms. The number of H-pyrrole nitrogens is 1. The first-order chi connectivity index (χ1) is 37.4. The van der Waals surface area contributed by atoms with E-state index in [0.29, 0.717) is 39.0 Å². The van der Waals surface area contributed by atoms with Gasteiger partial charge in [0.25, 0.3) is 0 Å². The van der Waals surface area contributed by atoms with E-state index in [0.717, 1.165) is 4.90 Å². The summed E-state index contributed by atoms with van der Waals surface area (Å²) >= 11 is 0. The molecular weight excluding hydrogens is 1060 g/mol. The number of nitrogens with zero attached hydrogens (tertiary/aromatic N) is 3. The van der Waals surface area contributed by atoms with Gasteiger partial charge in [0.15, 0.2) is 11.5 Å². The van der Waals surface area contributed by atoms with Gasteiger partial charge in [0, 0.05) is 69.7 Å². The van der Waals surface area contributed by atoms with E-state index >= 15 is 4.21 Å². The average Bonchev–Trinajstić information content (AvgIpc) is 4.07. The summed E-state index contributed by atoms with van der Waals surface area (Å²) in [6.45, 7) is 4.91. The number of amides is 9. The molecular formula is C50H71N11O17S. The average molecular weight is 1130 g/mol. The Labute approximate surface area is 456 Å². The molecule has 28 nitrogen and oxygen atoms in total. The van der Waals surface area contributed by atoms with Crippen molar-refractivity contribution in [2.24, 2.45) is 17.8 Å². The summed E-state index contributed by atoms with van der Waals surface area (Å²) in [5, 5.41) is 59.3. The van der Waals surface area contributed by atoms with Crippen molar-refractivity contribution in [3.05, 3.63) is 17.7 Å². The number of aliphatic carboxylic acids is 1. The maximum atomic E-state index is 15.3. The van der Waals surface area contributed by atoms with Crippen molar-refractivity contribution in [2.45, 2.75) is 120 Å². The van der Waals surface area contributed by atoms with Crippen LogP contribution in [0, 0.1) is 17.8 Å². The predicted molar refractivity (Wildman–Crippen MR) is 279 cm³/mol. The van der Waals surface area contributed by atoms with Crippen LogP contribution in [-0.4, -0.2) is 217 Å². The SMILES string of the molecule is CCCC(=O)Nc1c(OC(=O)N2CCN(C)CC2)ccc2c3c([nH]c12)S(=O)C[C@@H]1NC(=O)CNC(=O)[C@H]([C@@H](C)CC)NC(=O)CNC(=O)[C@H](C3)NC(=O)[C@H](C(C)C(O)CO)NC(=O)[C@@H]2C[C@@H](O)CN2C(=O)[C@H](CC(=O)O)CC1=O. The fourth-order valence-electron chi connectivity index (χ4n) is 9.78. The van der Waals surface area contributed by atoms with Crippen molar-refractivity contribution in [1.82, 2.24) is 51.6 Å². The van der Waals surface area contributed by atoms with Crippen molar-refractivity contribution >= 4 is 92.5 Å². The summed E-state index contributed by atoms with van der Waals surface area (Å²) in [5.74, 6) is -15.2. The van der Waals surface area contributed by atoms with Crippen molar-refractivity contribution in [3.8, 4) is 5.75 Å². The van der Waals surface area contributed by atoms with Crippen LogP contribution >= 0.6 is 0 Å². The highest BCUT2D eigenvalue weighted by Gasteiger charge is 2.45. The smallest absolute Gasteiger partial charge is 0.415 e. The van der Waals surface area contributed by atoms with E-state index in [1.807, 2.05) is 11.9 Å². The lowest BCUT2D eigenvalue weighted by Gasteiger charge is -2.32. The summed E-state index contributed by atoms with van der Waals surface area (Å²) in [5.41, 5.74) is -0.230. The van der Waals surface area contributed by atoms with Crippen LogP contribution in [0.15, 0.2) is 17.2 Å². The summed E-state index contributed by atoms with van der Waals surface area (Å²) < 4.78 is 21.2. The molecule has 1 aromatic heterocycles. The Hall–Kier alpha value is -7.08. The molecule has 6 rings (SSSR count). The lowest BCUT2D eigenvalue weighted by atomic mass is 9.93. The summed E-state index contributed by atoms with van der Waals surface area (Å²) in [6, 6.07) is -5.74. The van der Waals surface area contributed by atoms with Crippen LogP contribution in [0.25, 0.3) is 10.9 Å². The molecule has 79 heavy (non-hydrogen) atoms. The van der Waals surface area contributed by atoms with Gasteiger partial charge in [-0.2, -0.15) is 0 Å². The zero-order valence-electron chi connectivity index (χ0n) is 44.6. The molecule has 2 saturated heterocycles. The quantitative estimate of drug-likeness (QED) is 0.104. The molecule has 434 valence electrons. The van der Waals surface area contributed by atoms with Gasteiger partial charge in [-0.25, -0.2) is 4.79 Å². The first-order valence-corrected chi connectivity index (χ1v) is 27.5. The summed E-state index contributed by atoms with van der Waals surface area (Å²) in [4.78, 5) is 161. The fraction of sp³-hybridized carbons (Fsp3) is 0.620. The van der Waals surface area contributed by atoms with Crippen LogP contribution in [-0.2, 0) is 65.2 Å². The Morgan fingerprint density at radius 1 is 0.848 bits per heavy atom. The normalized spacial score (nSPS) is 26.7. The number of hydrogen-bond acceptors (Lipinski definition) is 17. The Morgan fingerprint density at radius 2 is 1.52 bits per heavy atom. The lowest BCUT2D eigenvalue weighted by Crippen LogP contribution is -2.61. The number of anilines is 1. The van der Waals surface area contributed by atoms with E-state index in [2.05, 4.69) is 42.2 Å². The van der Waals surface area contributed by atoms with Crippen molar-refractivity contribution in [3.63, 3.8) is 0 Å². The van der Waals surface area contributed by atoms with Crippen molar-refractivity contribution in [1.29, 1.82) is 0 Å². The molecule has 2 fully saturated rings. The molecule has 0 spiro atoms. The minimum Gasteiger partial charge on any atom is -0.481 e. The number of carboxylic acids is 1. The van der Waals surface area contributed by atoms with Crippen molar-refractivity contribution < 1.29 is 82.1 Å². The highest BCUT2D eigenvalue weighted by molar-refractivity contribution is 7.85. The number of carboxylic acid groups (broad SMARTS) is 1. The molecule has 0 aliphatic carbocycles. The third-order valence-corrected chi connectivity index (χ3v) is 16.1. The summed E-state index contributed by atoms with van der Waals surface area (Å²) in [7, 11) is -0.676. The second kappa shape index (κ2) is 27.2. The Morgan fingerprint density at radius 3 is 2.16 bits per heavy atom. The number of nitrogens with one attached hydrogen (secondary N) is 8. The van der Waals surface area contributed by atoms with Crippen LogP contribution in [0.4, 0.5) is 10.5 Å². The number of piperazine rings is 1. The number of hydrogen-bond donors (Lipinski definition) is 12. The minimum atomic E-state index is -2.56. The van der Waals surface area contributed by atoms with Crippen LogP contribution < -0.4 is 42.0 Å². The predicted octanol–water partition coefficient (Wildman–Crippen LogP) is -3.45.